The Morgan fingerprint density at radius 2 is 1.86 bits per heavy atom. The summed E-state index contributed by atoms with van der Waals surface area (Å²) in [7, 11) is 1.24. The molecule has 0 aliphatic carbocycles. The summed E-state index contributed by atoms with van der Waals surface area (Å²) >= 11 is 0. The van der Waals surface area contributed by atoms with Crippen molar-refractivity contribution in [2.75, 3.05) is 13.7 Å². The summed E-state index contributed by atoms with van der Waals surface area (Å²) in [6, 6.07) is 2.54. The minimum Gasteiger partial charge on any atom is -0.491 e. The lowest BCUT2D eigenvalue weighted by molar-refractivity contribution is 0.359. The molecule has 2 nitrogen and oxygen atoms in total. The average molecular weight is 201 g/mol. The van der Waals surface area contributed by atoms with Gasteiger partial charge in [-0.1, -0.05) is 6.92 Å². The molecule has 0 amide bonds. The van der Waals surface area contributed by atoms with Crippen LogP contribution in [0.4, 0.5) is 8.78 Å². The minimum absolute atomic E-state index is 0.328. The summed E-state index contributed by atoms with van der Waals surface area (Å²) in [5.41, 5.74) is 0.572. The Hall–Kier alpha value is -1.16. The highest BCUT2D eigenvalue weighted by Crippen LogP contribution is 2.22. The van der Waals surface area contributed by atoms with Gasteiger partial charge in [-0.15, -0.1) is 0 Å². The molecule has 0 saturated carbocycles. The van der Waals surface area contributed by atoms with Gasteiger partial charge < -0.3 is 10.1 Å². The van der Waals surface area contributed by atoms with Gasteiger partial charge in [-0.25, -0.2) is 8.78 Å². The second kappa shape index (κ2) is 4.91. The number of hydrogen-bond acceptors (Lipinski definition) is 2. The molecular formula is C10H13F2NO. The Kier molecular flexibility index (Phi) is 3.83. The van der Waals surface area contributed by atoms with E-state index in [1.165, 1.54) is 19.2 Å². The first-order valence-corrected chi connectivity index (χ1v) is 4.41. The van der Waals surface area contributed by atoms with Crippen LogP contribution >= 0.6 is 0 Å². The van der Waals surface area contributed by atoms with E-state index in [1.54, 1.807) is 0 Å². The molecule has 1 aromatic carbocycles. The van der Waals surface area contributed by atoms with E-state index < -0.39 is 11.6 Å². The quantitative estimate of drug-likeness (QED) is 0.805. The lowest BCUT2D eigenvalue weighted by Crippen LogP contribution is -2.12. The molecule has 0 saturated heterocycles. The molecule has 78 valence electrons. The molecule has 0 bridgehead atoms. The monoisotopic (exact) mass is 201 g/mol. The Labute approximate surface area is 81.9 Å². The predicted molar refractivity (Wildman–Crippen MR) is 50.3 cm³/mol. The minimum atomic E-state index is -0.666. The molecule has 0 radical (unpaired) electrons. The van der Waals surface area contributed by atoms with Crippen molar-refractivity contribution in [3.8, 4) is 5.75 Å². The fraction of sp³-hybridized carbons (Fsp3) is 0.400. The number of nitrogens with one attached hydrogen (secondary N) is 1. The molecule has 0 atom stereocenters. The van der Waals surface area contributed by atoms with Gasteiger partial charge in [-0.3, -0.25) is 0 Å². The number of hydrogen-bond donors (Lipinski definition) is 1. The second-order valence-electron chi connectivity index (χ2n) is 2.87. The van der Waals surface area contributed by atoms with Crippen LogP contribution in [0.1, 0.15) is 12.5 Å². The Bertz CT molecular complexity index is 292. The fourth-order valence-corrected chi connectivity index (χ4v) is 1.18. The fourth-order valence-electron chi connectivity index (χ4n) is 1.18. The molecule has 1 aromatic rings. The van der Waals surface area contributed by atoms with Gasteiger partial charge in [0.15, 0.2) is 17.4 Å². The Morgan fingerprint density at radius 1 is 1.29 bits per heavy atom. The van der Waals surface area contributed by atoms with Crippen LogP contribution in [-0.2, 0) is 6.54 Å². The predicted octanol–water partition coefficient (Wildman–Crippen LogP) is 2.08. The van der Waals surface area contributed by atoms with Gasteiger partial charge in [0.25, 0.3) is 0 Å². The van der Waals surface area contributed by atoms with Crippen molar-refractivity contribution in [2.24, 2.45) is 0 Å². The molecule has 0 unspecified atom stereocenters. The van der Waals surface area contributed by atoms with Gasteiger partial charge in [0, 0.05) is 6.54 Å². The van der Waals surface area contributed by atoms with Crippen LogP contribution in [0.25, 0.3) is 0 Å². The van der Waals surface area contributed by atoms with Crippen LogP contribution < -0.4 is 10.1 Å². The van der Waals surface area contributed by atoms with Crippen molar-refractivity contribution in [2.45, 2.75) is 13.5 Å². The van der Waals surface area contributed by atoms with Crippen LogP contribution in [0.15, 0.2) is 12.1 Å². The molecule has 1 rings (SSSR count). The summed E-state index contributed by atoms with van der Waals surface area (Å²) in [6.07, 6.45) is 0. The number of ether oxygens (including phenoxy) is 1. The van der Waals surface area contributed by atoms with Gasteiger partial charge in [0.1, 0.15) is 0 Å². The lowest BCUT2D eigenvalue weighted by Gasteiger charge is -2.07. The summed E-state index contributed by atoms with van der Waals surface area (Å²) < 4.78 is 30.9. The number of methoxy groups -OCH3 is 1. The van der Waals surface area contributed by atoms with Crippen LogP contribution in [0, 0.1) is 11.6 Å². The third kappa shape index (κ3) is 2.42. The van der Waals surface area contributed by atoms with Gasteiger partial charge in [-0.05, 0) is 24.2 Å². The summed E-state index contributed by atoms with van der Waals surface area (Å²) in [6.45, 7) is 3.14. The number of rotatable bonds is 4. The van der Waals surface area contributed by atoms with Crippen molar-refractivity contribution in [3.05, 3.63) is 29.3 Å². The zero-order chi connectivity index (χ0) is 10.6. The SMILES string of the molecule is CCNCc1cc(F)c(OC)c(F)c1. The van der Waals surface area contributed by atoms with Crippen molar-refractivity contribution >= 4 is 0 Å². The molecule has 0 aliphatic heterocycles. The zero-order valence-electron chi connectivity index (χ0n) is 8.23. The first-order chi connectivity index (χ1) is 6.69. The van der Waals surface area contributed by atoms with E-state index in [0.717, 1.165) is 6.54 Å². The standard InChI is InChI=1S/C10H13F2NO/c1-3-13-6-7-4-8(11)10(14-2)9(12)5-7/h4-5,13H,3,6H2,1-2H3. The topological polar surface area (TPSA) is 21.3 Å². The van der Waals surface area contributed by atoms with E-state index in [1.807, 2.05) is 6.92 Å². The molecule has 4 heteroatoms. The average Bonchev–Trinajstić information content (AvgIpc) is 2.14. The summed E-state index contributed by atoms with van der Waals surface area (Å²) in [5, 5.41) is 2.98. The molecule has 0 fully saturated rings. The largest absolute Gasteiger partial charge is 0.491 e. The Balaban J connectivity index is 2.90. The van der Waals surface area contributed by atoms with Crippen LogP contribution in [0.3, 0.4) is 0 Å². The zero-order valence-corrected chi connectivity index (χ0v) is 8.23. The third-order valence-corrected chi connectivity index (χ3v) is 1.84. The highest BCUT2D eigenvalue weighted by atomic mass is 19.1. The highest BCUT2D eigenvalue weighted by molar-refractivity contribution is 5.31. The van der Waals surface area contributed by atoms with Gasteiger partial charge in [-0.2, -0.15) is 0 Å². The van der Waals surface area contributed by atoms with Crippen molar-refractivity contribution < 1.29 is 13.5 Å². The first kappa shape index (κ1) is 10.9. The lowest BCUT2D eigenvalue weighted by atomic mass is 10.2. The van der Waals surface area contributed by atoms with E-state index in [9.17, 15) is 8.78 Å². The van der Waals surface area contributed by atoms with Crippen LogP contribution in [0.2, 0.25) is 0 Å². The van der Waals surface area contributed by atoms with Crippen molar-refractivity contribution in [1.82, 2.24) is 5.32 Å². The molecule has 0 spiro atoms. The molecule has 1 N–H and O–H groups in total. The smallest absolute Gasteiger partial charge is 0.190 e. The molecule has 0 aliphatic rings. The maximum Gasteiger partial charge on any atom is 0.190 e. The van der Waals surface area contributed by atoms with Gasteiger partial charge in [0.05, 0.1) is 7.11 Å². The van der Waals surface area contributed by atoms with E-state index in [0.29, 0.717) is 12.1 Å². The third-order valence-electron chi connectivity index (χ3n) is 1.84. The first-order valence-electron chi connectivity index (χ1n) is 4.41. The molecule has 0 heterocycles. The summed E-state index contributed by atoms with van der Waals surface area (Å²) in [5.74, 6) is -1.66. The van der Waals surface area contributed by atoms with Gasteiger partial charge in [0.2, 0.25) is 0 Å². The van der Waals surface area contributed by atoms with E-state index in [-0.39, 0.29) is 5.75 Å². The molecule has 0 aromatic heterocycles. The number of benzene rings is 1. The normalized spacial score (nSPS) is 10.3. The maximum absolute atomic E-state index is 13.1. The highest BCUT2D eigenvalue weighted by Gasteiger charge is 2.10. The maximum atomic E-state index is 13.1. The number of halogens is 2. The molecular weight excluding hydrogens is 188 g/mol. The van der Waals surface area contributed by atoms with Gasteiger partial charge >= 0.3 is 0 Å². The van der Waals surface area contributed by atoms with E-state index >= 15 is 0 Å². The summed E-state index contributed by atoms with van der Waals surface area (Å²) in [4.78, 5) is 0. The van der Waals surface area contributed by atoms with Crippen LogP contribution in [-0.4, -0.2) is 13.7 Å². The van der Waals surface area contributed by atoms with Crippen LogP contribution in [0.5, 0.6) is 5.75 Å². The second-order valence-corrected chi connectivity index (χ2v) is 2.87. The Morgan fingerprint density at radius 3 is 2.29 bits per heavy atom. The van der Waals surface area contributed by atoms with E-state index in [2.05, 4.69) is 10.1 Å². The van der Waals surface area contributed by atoms with E-state index in [4.69, 9.17) is 0 Å². The molecule has 14 heavy (non-hydrogen) atoms. The van der Waals surface area contributed by atoms with Crippen molar-refractivity contribution in [3.63, 3.8) is 0 Å². The van der Waals surface area contributed by atoms with Crippen molar-refractivity contribution in [1.29, 1.82) is 0 Å².